The van der Waals surface area contributed by atoms with Crippen molar-refractivity contribution in [2.75, 3.05) is 0 Å². The fourth-order valence-corrected chi connectivity index (χ4v) is 4.15. The third-order valence-corrected chi connectivity index (χ3v) is 5.07. The van der Waals surface area contributed by atoms with E-state index in [9.17, 15) is 9.90 Å². The predicted molar refractivity (Wildman–Crippen MR) is 58.7 cm³/mol. The minimum Gasteiger partial charge on any atom is -0.462 e. The molecule has 2 saturated carbocycles. The molecular weight excluding hydrogens is 204 g/mol. The summed E-state index contributed by atoms with van der Waals surface area (Å²) in [5.74, 6) is 0.724. The zero-order chi connectivity index (χ0) is 11.3. The number of rotatable bonds is 0. The van der Waals surface area contributed by atoms with Crippen LogP contribution < -0.4 is 0 Å². The summed E-state index contributed by atoms with van der Waals surface area (Å²) in [6, 6.07) is 0. The van der Waals surface area contributed by atoms with Crippen molar-refractivity contribution in [1.82, 2.24) is 0 Å². The van der Waals surface area contributed by atoms with Crippen LogP contribution in [0.25, 0.3) is 0 Å². The lowest BCUT2D eigenvalue weighted by molar-refractivity contribution is -0.146. The molecule has 1 N–H and O–H groups in total. The minimum atomic E-state index is -0.157. The van der Waals surface area contributed by atoms with E-state index in [1.54, 1.807) is 0 Å². The lowest BCUT2D eigenvalue weighted by atomic mass is 9.56. The van der Waals surface area contributed by atoms with Gasteiger partial charge in [-0.05, 0) is 37.0 Å². The van der Waals surface area contributed by atoms with Gasteiger partial charge in [0.05, 0.1) is 12.5 Å². The van der Waals surface area contributed by atoms with Gasteiger partial charge < -0.3 is 9.84 Å². The Hall–Kier alpha value is -0.570. The molecule has 0 radical (unpaired) electrons. The van der Waals surface area contributed by atoms with Crippen LogP contribution in [0.1, 0.15) is 45.4 Å². The van der Waals surface area contributed by atoms with Crippen molar-refractivity contribution in [3.8, 4) is 0 Å². The molecule has 2 aliphatic carbocycles. The molecule has 90 valence electrons. The van der Waals surface area contributed by atoms with Crippen LogP contribution >= 0.6 is 0 Å². The Morgan fingerprint density at radius 1 is 1.50 bits per heavy atom. The maximum absolute atomic E-state index is 11.3. The van der Waals surface area contributed by atoms with Crippen molar-refractivity contribution in [2.24, 2.45) is 17.3 Å². The van der Waals surface area contributed by atoms with Crippen LogP contribution in [-0.2, 0) is 9.53 Å². The molecular formula is C13H20O3. The van der Waals surface area contributed by atoms with Crippen molar-refractivity contribution in [1.29, 1.82) is 0 Å². The van der Waals surface area contributed by atoms with Gasteiger partial charge in [-0.15, -0.1) is 0 Å². The van der Waals surface area contributed by atoms with Crippen molar-refractivity contribution in [2.45, 2.75) is 57.7 Å². The predicted octanol–water partition coefficient (Wildman–Crippen LogP) is 1.88. The van der Waals surface area contributed by atoms with Crippen LogP contribution in [0.15, 0.2) is 0 Å². The first-order valence-electron chi connectivity index (χ1n) is 6.46. The largest absolute Gasteiger partial charge is 0.462 e. The van der Waals surface area contributed by atoms with Gasteiger partial charge in [-0.3, -0.25) is 4.79 Å². The molecule has 0 spiro atoms. The average Bonchev–Trinajstić information content (AvgIpc) is 2.54. The third kappa shape index (κ3) is 1.48. The minimum absolute atomic E-state index is 0.0354. The maximum atomic E-state index is 11.3. The molecule has 0 unspecified atom stereocenters. The van der Waals surface area contributed by atoms with E-state index in [1.807, 2.05) is 0 Å². The number of aliphatic hydroxyl groups is 1. The number of carbonyl (C=O) groups excluding carboxylic acids is 1. The summed E-state index contributed by atoms with van der Waals surface area (Å²) in [7, 11) is 0. The van der Waals surface area contributed by atoms with Crippen molar-refractivity contribution in [3.05, 3.63) is 0 Å². The molecule has 0 aromatic rings. The molecule has 0 amide bonds. The normalized spacial score (nSPS) is 51.8. The van der Waals surface area contributed by atoms with Gasteiger partial charge in [0.2, 0.25) is 0 Å². The summed E-state index contributed by atoms with van der Waals surface area (Å²) >= 11 is 0. The number of ether oxygens (including phenoxy) is 1. The van der Waals surface area contributed by atoms with Gasteiger partial charge in [-0.2, -0.15) is 0 Å². The average molecular weight is 224 g/mol. The number of hydrogen-bond acceptors (Lipinski definition) is 3. The van der Waals surface area contributed by atoms with Crippen LogP contribution in [-0.4, -0.2) is 23.3 Å². The zero-order valence-electron chi connectivity index (χ0n) is 9.82. The van der Waals surface area contributed by atoms with Crippen molar-refractivity contribution >= 4 is 5.97 Å². The van der Waals surface area contributed by atoms with Gasteiger partial charge in [-0.1, -0.05) is 13.3 Å². The molecule has 3 rings (SSSR count). The van der Waals surface area contributed by atoms with E-state index < -0.39 is 0 Å². The van der Waals surface area contributed by atoms with E-state index in [2.05, 4.69) is 6.92 Å². The van der Waals surface area contributed by atoms with Gasteiger partial charge in [0.1, 0.15) is 6.10 Å². The summed E-state index contributed by atoms with van der Waals surface area (Å²) in [4.78, 5) is 11.3. The van der Waals surface area contributed by atoms with Gasteiger partial charge in [0.15, 0.2) is 0 Å². The first-order chi connectivity index (χ1) is 7.58. The SMILES string of the molecule is C[C@]12CCC[C@@H](O)[C@@H]1C[C@@H]1CC(=O)O[C@@H]1C2. The Labute approximate surface area is 96.2 Å². The molecule has 0 bridgehead atoms. The Morgan fingerprint density at radius 2 is 2.31 bits per heavy atom. The van der Waals surface area contributed by atoms with Crippen LogP contribution in [0.3, 0.4) is 0 Å². The van der Waals surface area contributed by atoms with E-state index in [0.29, 0.717) is 18.3 Å². The van der Waals surface area contributed by atoms with E-state index >= 15 is 0 Å². The van der Waals surface area contributed by atoms with Gasteiger partial charge in [0, 0.05) is 5.92 Å². The standard InChI is InChI=1S/C13H20O3/c1-13-4-2-3-10(14)9(13)5-8-6-12(15)16-11(8)7-13/h8-11,14H,2-7H2,1H3/t8-,9+,10-,11-,13-/m1/s1. The number of carbonyl (C=O) groups is 1. The van der Waals surface area contributed by atoms with E-state index in [4.69, 9.17) is 4.74 Å². The number of aliphatic hydroxyl groups excluding tert-OH is 1. The van der Waals surface area contributed by atoms with Gasteiger partial charge >= 0.3 is 5.97 Å². The smallest absolute Gasteiger partial charge is 0.306 e. The highest BCUT2D eigenvalue weighted by atomic mass is 16.5. The first-order valence-corrected chi connectivity index (χ1v) is 6.46. The molecule has 0 aromatic carbocycles. The van der Waals surface area contributed by atoms with E-state index in [-0.39, 0.29) is 23.6 Å². The third-order valence-electron chi connectivity index (χ3n) is 5.07. The van der Waals surface area contributed by atoms with Gasteiger partial charge in [0.25, 0.3) is 0 Å². The molecule has 1 saturated heterocycles. The summed E-state index contributed by atoms with van der Waals surface area (Å²) in [6.45, 7) is 2.27. The second-order valence-corrected chi connectivity index (χ2v) is 6.15. The van der Waals surface area contributed by atoms with Crippen molar-refractivity contribution in [3.63, 3.8) is 0 Å². The second-order valence-electron chi connectivity index (χ2n) is 6.15. The fourth-order valence-electron chi connectivity index (χ4n) is 4.15. The molecule has 16 heavy (non-hydrogen) atoms. The maximum Gasteiger partial charge on any atom is 0.306 e. The summed E-state index contributed by atoms with van der Waals surface area (Å²) in [5, 5.41) is 10.1. The van der Waals surface area contributed by atoms with Crippen molar-refractivity contribution < 1.29 is 14.6 Å². The molecule has 1 heterocycles. The Kier molecular flexibility index (Phi) is 2.29. The highest BCUT2D eigenvalue weighted by molar-refractivity contribution is 5.72. The summed E-state index contributed by atoms with van der Waals surface area (Å²) in [5.41, 5.74) is 0.198. The topological polar surface area (TPSA) is 46.5 Å². The number of hydrogen-bond donors (Lipinski definition) is 1. The lowest BCUT2D eigenvalue weighted by Crippen LogP contribution is -2.48. The summed E-state index contributed by atoms with van der Waals surface area (Å²) in [6.07, 6.45) is 5.72. The van der Waals surface area contributed by atoms with E-state index in [1.165, 1.54) is 6.42 Å². The van der Waals surface area contributed by atoms with Crippen LogP contribution in [0.4, 0.5) is 0 Å². The fraction of sp³-hybridized carbons (Fsp3) is 0.923. The molecule has 3 aliphatic rings. The molecule has 3 fully saturated rings. The monoisotopic (exact) mass is 224 g/mol. The Bertz CT molecular complexity index is 314. The quantitative estimate of drug-likeness (QED) is 0.639. The van der Waals surface area contributed by atoms with Gasteiger partial charge in [-0.25, -0.2) is 0 Å². The molecule has 3 nitrogen and oxygen atoms in total. The van der Waals surface area contributed by atoms with Crippen LogP contribution in [0.5, 0.6) is 0 Å². The first kappa shape index (κ1) is 10.6. The number of fused-ring (bicyclic) bond motifs is 2. The van der Waals surface area contributed by atoms with E-state index in [0.717, 1.165) is 25.7 Å². The highest BCUT2D eigenvalue weighted by Gasteiger charge is 2.52. The Morgan fingerprint density at radius 3 is 3.12 bits per heavy atom. The highest BCUT2D eigenvalue weighted by Crippen LogP contribution is 2.54. The van der Waals surface area contributed by atoms with Crippen LogP contribution in [0.2, 0.25) is 0 Å². The lowest BCUT2D eigenvalue weighted by Gasteiger charge is -2.50. The van der Waals surface area contributed by atoms with Crippen LogP contribution in [0, 0.1) is 17.3 Å². The molecule has 1 aliphatic heterocycles. The molecule has 3 heteroatoms. The molecule has 5 atom stereocenters. The zero-order valence-corrected chi connectivity index (χ0v) is 9.82. The molecule has 0 aromatic heterocycles. The second kappa shape index (κ2) is 3.46. The number of esters is 1. The Balaban J connectivity index is 1.83. The summed E-state index contributed by atoms with van der Waals surface area (Å²) < 4.78 is 5.39.